The van der Waals surface area contributed by atoms with Crippen molar-refractivity contribution in [3.63, 3.8) is 0 Å². The minimum atomic E-state index is -0.680. The van der Waals surface area contributed by atoms with Crippen LogP contribution in [0.1, 0.15) is 23.0 Å². The van der Waals surface area contributed by atoms with E-state index in [2.05, 4.69) is 15.9 Å². The van der Waals surface area contributed by atoms with Gasteiger partial charge in [0.15, 0.2) is 5.76 Å². The van der Waals surface area contributed by atoms with E-state index in [4.69, 9.17) is 14.9 Å². The number of aliphatic hydroxyl groups is 1. The van der Waals surface area contributed by atoms with Crippen molar-refractivity contribution in [2.75, 3.05) is 0 Å². The molecular weight excluding hydrogens is 364 g/mol. The number of rotatable bonds is 2. The van der Waals surface area contributed by atoms with E-state index in [1.165, 1.54) is 0 Å². The van der Waals surface area contributed by atoms with E-state index in [1.54, 1.807) is 18.2 Å². The van der Waals surface area contributed by atoms with Crippen LogP contribution in [0.15, 0.2) is 55.5 Å². The molecule has 1 aromatic heterocycles. The Hall–Kier alpha value is -2.56. The third-order valence-corrected chi connectivity index (χ3v) is 3.96. The fourth-order valence-electron chi connectivity index (χ4n) is 2.48. The second-order valence-electron chi connectivity index (χ2n) is 4.91. The second-order valence-corrected chi connectivity index (χ2v) is 5.82. The summed E-state index contributed by atoms with van der Waals surface area (Å²) in [5.74, 6) is -0.626. The topological polar surface area (TPSA) is 109 Å². The average molecular weight is 375 g/mol. The molecule has 3 N–H and O–H groups in total. The molecule has 1 aliphatic heterocycles. The van der Waals surface area contributed by atoms with Crippen molar-refractivity contribution in [3.8, 4) is 11.8 Å². The summed E-state index contributed by atoms with van der Waals surface area (Å²) in [6.07, 6.45) is 0. The fraction of sp³-hybridized carbons (Fsp3) is 0.125. The largest absolute Gasteiger partial charge is 0.458 e. The monoisotopic (exact) mass is 374 g/mol. The zero-order chi connectivity index (χ0) is 16.6. The van der Waals surface area contributed by atoms with E-state index < -0.39 is 18.0 Å². The zero-order valence-electron chi connectivity index (χ0n) is 11.7. The molecule has 1 aliphatic rings. The third kappa shape index (κ3) is 2.63. The van der Waals surface area contributed by atoms with Crippen molar-refractivity contribution in [1.29, 1.82) is 5.26 Å². The van der Waals surface area contributed by atoms with Gasteiger partial charge in [-0.05, 0) is 17.7 Å². The minimum absolute atomic E-state index is 0.0660. The standard InChI is InChI=1S/C16H11BrN2O4/c17-9-3-1-2-8(4-9)13-11(6-18)16(19)23-14-12(21)5-10(7-20)22-15(13)14/h1-5,13,20H,7,19H2/t13-/m1/s1. The van der Waals surface area contributed by atoms with Crippen LogP contribution in [-0.4, -0.2) is 5.11 Å². The van der Waals surface area contributed by atoms with Gasteiger partial charge in [-0.3, -0.25) is 4.79 Å². The Bertz CT molecular complexity index is 911. The van der Waals surface area contributed by atoms with Gasteiger partial charge in [0.25, 0.3) is 0 Å². The number of allylic oxidation sites excluding steroid dienone is 1. The summed E-state index contributed by atoms with van der Waals surface area (Å²) in [6, 6.07) is 10.4. The van der Waals surface area contributed by atoms with E-state index in [0.717, 1.165) is 10.5 Å². The summed E-state index contributed by atoms with van der Waals surface area (Å²) >= 11 is 3.37. The Morgan fingerprint density at radius 1 is 1.39 bits per heavy atom. The Morgan fingerprint density at radius 2 is 2.17 bits per heavy atom. The second kappa shape index (κ2) is 5.91. The summed E-state index contributed by atoms with van der Waals surface area (Å²) in [5.41, 5.74) is 6.20. The van der Waals surface area contributed by atoms with E-state index in [1.807, 2.05) is 12.1 Å². The van der Waals surface area contributed by atoms with Crippen molar-refractivity contribution in [2.24, 2.45) is 5.73 Å². The number of nitrogens with two attached hydrogens (primary N) is 1. The van der Waals surface area contributed by atoms with E-state index >= 15 is 0 Å². The molecule has 0 saturated carbocycles. The Kier molecular flexibility index (Phi) is 3.94. The fourth-order valence-corrected chi connectivity index (χ4v) is 2.90. The molecule has 2 aromatic rings. The summed E-state index contributed by atoms with van der Waals surface area (Å²) in [7, 11) is 0. The highest BCUT2D eigenvalue weighted by atomic mass is 79.9. The number of hydrogen-bond acceptors (Lipinski definition) is 6. The highest BCUT2D eigenvalue weighted by Gasteiger charge is 2.35. The van der Waals surface area contributed by atoms with Crippen molar-refractivity contribution in [1.82, 2.24) is 0 Å². The van der Waals surface area contributed by atoms with Crippen LogP contribution in [0.2, 0.25) is 0 Å². The maximum atomic E-state index is 12.2. The van der Waals surface area contributed by atoms with Crippen molar-refractivity contribution >= 4 is 15.9 Å². The molecule has 1 aromatic carbocycles. The van der Waals surface area contributed by atoms with Crippen LogP contribution in [0, 0.1) is 11.3 Å². The number of nitrogens with zero attached hydrogens (tertiary/aromatic N) is 1. The Balaban J connectivity index is 2.31. The van der Waals surface area contributed by atoms with Crippen molar-refractivity contribution in [2.45, 2.75) is 12.5 Å². The first kappa shape index (κ1) is 15.3. The lowest BCUT2D eigenvalue weighted by Crippen LogP contribution is -2.25. The van der Waals surface area contributed by atoms with E-state index in [-0.39, 0.29) is 28.7 Å². The number of fused-ring (bicyclic) bond motifs is 1. The molecule has 3 rings (SSSR count). The van der Waals surface area contributed by atoms with Crippen LogP contribution in [0.5, 0.6) is 5.75 Å². The molecule has 0 bridgehead atoms. The van der Waals surface area contributed by atoms with Gasteiger partial charge in [0.05, 0.1) is 5.92 Å². The molecule has 0 saturated heterocycles. The molecule has 0 unspecified atom stereocenters. The summed E-state index contributed by atoms with van der Waals surface area (Å²) in [6.45, 7) is -0.436. The Labute approximate surface area is 139 Å². The molecule has 0 amide bonds. The van der Waals surface area contributed by atoms with Crippen LogP contribution in [0.25, 0.3) is 0 Å². The van der Waals surface area contributed by atoms with E-state index in [0.29, 0.717) is 5.56 Å². The molecule has 1 atom stereocenters. The SMILES string of the molecule is N#CC1=C(N)Oc2c(oc(CO)cc2=O)[C@@H]1c1cccc(Br)c1. The lowest BCUT2D eigenvalue weighted by Gasteiger charge is -2.24. The predicted octanol–water partition coefficient (Wildman–Crippen LogP) is 2.11. The van der Waals surface area contributed by atoms with Gasteiger partial charge in [-0.1, -0.05) is 28.1 Å². The van der Waals surface area contributed by atoms with Gasteiger partial charge in [-0.2, -0.15) is 5.26 Å². The molecule has 0 spiro atoms. The van der Waals surface area contributed by atoms with Crippen LogP contribution in [-0.2, 0) is 6.61 Å². The molecule has 0 aliphatic carbocycles. The van der Waals surface area contributed by atoms with Gasteiger partial charge in [-0.25, -0.2) is 0 Å². The van der Waals surface area contributed by atoms with Crippen LogP contribution in [0.4, 0.5) is 0 Å². The molecule has 0 radical (unpaired) electrons. The molecular formula is C16H11BrN2O4. The number of aliphatic hydroxyl groups excluding tert-OH is 1. The predicted molar refractivity (Wildman–Crippen MR) is 84.3 cm³/mol. The first-order valence-electron chi connectivity index (χ1n) is 6.66. The molecule has 23 heavy (non-hydrogen) atoms. The molecule has 7 heteroatoms. The quantitative estimate of drug-likeness (QED) is 0.832. The van der Waals surface area contributed by atoms with Gasteiger partial charge >= 0.3 is 0 Å². The maximum absolute atomic E-state index is 12.2. The molecule has 2 heterocycles. The summed E-state index contributed by atoms with van der Waals surface area (Å²) in [5, 5.41) is 18.7. The van der Waals surface area contributed by atoms with Gasteiger partial charge in [0, 0.05) is 10.5 Å². The lowest BCUT2D eigenvalue weighted by molar-refractivity contribution is 0.231. The zero-order valence-corrected chi connectivity index (χ0v) is 13.3. The number of hydrogen-bond donors (Lipinski definition) is 2. The third-order valence-electron chi connectivity index (χ3n) is 3.47. The highest BCUT2D eigenvalue weighted by Crippen LogP contribution is 2.41. The van der Waals surface area contributed by atoms with Gasteiger partial charge in [-0.15, -0.1) is 0 Å². The number of nitriles is 1. The minimum Gasteiger partial charge on any atom is -0.458 e. The summed E-state index contributed by atoms with van der Waals surface area (Å²) in [4.78, 5) is 12.2. The highest BCUT2D eigenvalue weighted by molar-refractivity contribution is 9.10. The van der Waals surface area contributed by atoms with Crippen LogP contribution in [0.3, 0.4) is 0 Å². The molecule has 6 nitrogen and oxygen atoms in total. The number of benzene rings is 1. The first-order valence-corrected chi connectivity index (χ1v) is 7.45. The van der Waals surface area contributed by atoms with Gasteiger partial charge in [0.2, 0.25) is 17.1 Å². The van der Waals surface area contributed by atoms with Crippen LogP contribution >= 0.6 is 15.9 Å². The summed E-state index contributed by atoms with van der Waals surface area (Å²) < 4.78 is 11.7. The van der Waals surface area contributed by atoms with Crippen molar-refractivity contribution < 1.29 is 14.3 Å². The maximum Gasteiger partial charge on any atom is 0.228 e. The average Bonchev–Trinajstić information content (AvgIpc) is 2.54. The smallest absolute Gasteiger partial charge is 0.228 e. The number of halogens is 1. The number of ether oxygens (including phenoxy) is 1. The lowest BCUT2D eigenvalue weighted by atomic mass is 9.87. The van der Waals surface area contributed by atoms with Gasteiger partial charge in [0.1, 0.15) is 24.0 Å². The van der Waals surface area contributed by atoms with Crippen molar-refractivity contribution in [3.05, 3.63) is 73.6 Å². The van der Waals surface area contributed by atoms with Crippen LogP contribution < -0.4 is 15.9 Å². The van der Waals surface area contributed by atoms with E-state index in [9.17, 15) is 15.2 Å². The van der Waals surface area contributed by atoms with Gasteiger partial charge < -0.3 is 20.0 Å². The molecule has 116 valence electrons. The Morgan fingerprint density at radius 3 is 2.83 bits per heavy atom. The normalized spacial score (nSPS) is 16.5. The first-order chi connectivity index (χ1) is 11.0. The molecule has 0 fully saturated rings.